The zero-order valence-corrected chi connectivity index (χ0v) is 9.58. The van der Waals surface area contributed by atoms with Gasteiger partial charge in [-0.05, 0) is 18.8 Å². The molecule has 0 fully saturated rings. The second-order valence-electron chi connectivity index (χ2n) is 3.59. The molecule has 78 valence electrons. The number of hydrogen-bond acceptors (Lipinski definition) is 2. The molecule has 0 amide bonds. The Morgan fingerprint density at radius 2 is 2.08 bits per heavy atom. The minimum atomic E-state index is 0.842. The molecular weight excluding hydrogens is 160 g/mol. The van der Waals surface area contributed by atoms with Gasteiger partial charge in [0.25, 0.3) is 0 Å². The Kier molecular flexibility index (Phi) is 7.76. The first-order valence-corrected chi connectivity index (χ1v) is 5.53. The fourth-order valence-electron chi connectivity index (χ4n) is 1.29. The lowest BCUT2D eigenvalue weighted by Crippen LogP contribution is -2.20. The van der Waals surface area contributed by atoms with E-state index in [1.54, 1.807) is 0 Å². The zero-order chi connectivity index (χ0) is 10.1. The maximum absolute atomic E-state index is 4.16. The van der Waals surface area contributed by atoms with Gasteiger partial charge in [-0.1, -0.05) is 27.7 Å². The summed E-state index contributed by atoms with van der Waals surface area (Å²) in [6.45, 7) is 11.9. The molecule has 0 saturated heterocycles. The van der Waals surface area contributed by atoms with Gasteiger partial charge in [0.15, 0.2) is 0 Å². The van der Waals surface area contributed by atoms with Crippen LogP contribution in [0.2, 0.25) is 0 Å². The molecule has 0 atom stereocenters. The van der Waals surface area contributed by atoms with Gasteiger partial charge in [0.2, 0.25) is 0 Å². The number of rotatable bonds is 4. The third kappa shape index (κ3) is 6.62. The van der Waals surface area contributed by atoms with E-state index in [0.717, 1.165) is 19.0 Å². The van der Waals surface area contributed by atoms with Crippen LogP contribution < -0.4 is 0 Å². The quantitative estimate of drug-likeness (QED) is 0.656. The van der Waals surface area contributed by atoms with Gasteiger partial charge >= 0.3 is 0 Å². The average molecular weight is 184 g/mol. The highest BCUT2D eigenvalue weighted by molar-refractivity contribution is 5.56. The SMILES string of the molecule is CC.CC(C)CCCN1C=NCC1. The van der Waals surface area contributed by atoms with Crippen LogP contribution in [0.5, 0.6) is 0 Å². The summed E-state index contributed by atoms with van der Waals surface area (Å²) in [6.07, 6.45) is 4.63. The van der Waals surface area contributed by atoms with Crippen LogP contribution in [-0.2, 0) is 0 Å². The van der Waals surface area contributed by atoms with Crippen LogP contribution in [0.15, 0.2) is 4.99 Å². The highest BCUT2D eigenvalue weighted by atomic mass is 15.2. The molecule has 0 bridgehead atoms. The summed E-state index contributed by atoms with van der Waals surface area (Å²) >= 11 is 0. The molecule has 1 aliphatic rings. The number of nitrogens with zero attached hydrogens (tertiary/aromatic N) is 2. The Morgan fingerprint density at radius 1 is 1.38 bits per heavy atom. The van der Waals surface area contributed by atoms with E-state index in [1.165, 1.54) is 19.4 Å². The average Bonchev–Trinajstić information content (AvgIpc) is 2.60. The zero-order valence-electron chi connectivity index (χ0n) is 9.58. The van der Waals surface area contributed by atoms with Crippen molar-refractivity contribution in [2.24, 2.45) is 10.9 Å². The molecule has 0 radical (unpaired) electrons. The van der Waals surface area contributed by atoms with Crippen molar-refractivity contribution in [3.8, 4) is 0 Å². The maximum Gasteiger partial charge on any atom is 0.0851 e. The summed E-state index contributed by atoms with van der Waals surface area (Å²) < 4.78 is 0. The van der Waals surface area contributed by atoms with Crippen LogP contribution in [0.25, 0.3) is 0 Å². The molecule has 0 aliphatic carbocycles. The third-order valence-electron chi connectivity index (χ3n) is 1.99. The van der Waals surface area contributed by atoms with Gasteiger partial charge in [-0.25, -0.2) is 0 Å². The van der Waals surface area contributed by atoms with Gasteiger partial charge in [0, 0.05) is 13.1 Å². The molecule has 0 aromatic carbocycles. The van der Waals surface area contributed by atoms with Gasteiger partial charge in [-0.3, -0.25) is 4.99 Å². The van der Waals surface area contributed by atoms with E-state index in [4.69, 9.17) is 0 Å². The van der Waals surface area contributed by atoms with Crippen molar-refractivity contribution in [1.82, 2.24) is 4.90 Å². The standard InChI is InChI=1S/C9H18N2.C2H6/c1-9(2)4-3-6-11-7-5-10-8-11;1-2/h8-9H,3-7H2,1-2H3;1-2H3. The van der Waals surface area contributed by atoms with Gasteiger partial charge < -0.3 is 4.90 Å². The minimum absolute atomic E-state index is 0.842. The second-order valence-corrected chi connectivity index (χ2v) is 3.59. The lowest BCUT2D eigenvalue weighted by atomic mass is 10.1. The monoisotopic (exact) mass is 184 g/mol. The van der Waals surface area contributed by atoms with Crippen LogP contribution in [0, 0.1) is 5.92 Å². The molecule has 0 aromatic heterocycles. The molecule has 0 saturated carbocycles. The predicted octanol–water partition coefficient (Wildman–Crippen LogP) is 2.79. The van der Waals surface area contributed by atoms with Crippen LogP contribution in [0.4, 0.5) is 0 Å². The molecule has 2 heteroatoms. The summed E-state index contributed by atoms with van der Waals surface area (Å²) in [7, 11) is 0. The molecular formula is C11H24N2. The van der Waals surface area contributed by atoms with Crippen molar-refractivity contribution in [3.05, 3.63) is 0 Å². The van der Waals surface area contributed by atoms with Gasteiger partial charge in [0.05, 0.1) is 12.9 Å². The van der Waals surface area contributed by atoms with Crippen LogP contribution in [0.3, 0.4) is 0 Å². The highest BCUT2D eigenvalue weighted by Crippen LogP contribution is 2.05. The predicted molar refractivity (Wildman–Crippen MR) is 60.4 cm³/mol. The number of aliphatic imine (C=N–C) groups is 1. The van der Waals surface area contributed by atoms with Crippen molar-refractivity contribution >= 4 is 6.34 Å². The molecule has 0 unspecified atom stereocenters. The fraction of sp³-hybridized carbons (Fsp3) is 0.909. The molecule has 1 rings (SSSR count). The molecule has 13 heavy (non-hydrogen) atoms. The first-order chi connectivity index (χ1) is 6.29. The molecule has 0 N–H and O–H groups in total. The minimum Gasteiger partial charge on any atom is -0.361 e. The normalized spacial score (nSPS) is 14.7. The van der Waals surface area contributed by atoms with Gasteiger partial charge in [-0.15, -0.1) is 0 Å². The van der Waals surface area contributed by atoms with Crippen molar-refractivity contribution in [3.63, 3.8) is 0 Å². The Hall–Kier alpha value is -0.530. The smallest absolute Gasteiger partial charge is 0.0851 e. The van der Waals surface area contributed by atoms with Crippen LogP contribution in [-0.4, -0.2) is 30.9 Å². The van der Waals surface area contributed by atoms with Crippen molar-refractivity contribution < 1.29 is 0 Å². The lowest BCUT2D eigenvalue weighted by molar-refractivity contribution is 0.423. The summed E-state index contributed by atoms with van der Waals surface area (Å²) in [6, 6.07) is 0. The third-order valence-corrected chi connectivity index (χ3v) is 1.99. The van der Waals surface area contributed by atoms with E-state index in [-0.39, 0.29) is 0 Å². The van der Waals surface area contributed by atoms with Crippen molar-refractivity contribution in [1.29, 1.82) is 0 Å². The van der Waals surface area contributed by atoms with Crippen molar-refractivity contribution in [2.45, 2.75) is 40.5 Å². The Labute approximate surface area is 83.0 Å². The lowest BCUT2D eigenvalue weighted by Gasteiger charge is -2.13. The van der Waals surface area contributed by atoms with Crippen LogP contribution >= 0.6 is 0 Å². The van der Waals surface area contributed by atoms with E-state index in [1.807, 2.05) is 20.2 Å². The second kappa shape index (κ2) is 8.09. The Bertz CT molecular complexity index is 130. The van der Waals surface area contributed by atoms with Crippen molar-refractivity contribution in [2.75, 3.05) is 19.6 Å². The van der Waals surface area contributed by atoms with E-state index >= 15 is 0 Å². The van der Waals surface area contributed by atoms with E-state index < -0.39 is 0 Å². The molecule has 1 aliphatic heterocycles. The van der Waals surface area contributed by atoms with Gasteiger partial charge in [-0.2, -0.15) is 0 Å². The Morgan fingerprint density at radius 3 is 2.54 bits per heavy atom. The molecule has 0 aromatic rings. The van der Waals surface area contributed by atoms with E-state index in [9.17, 15) is 0 Å². The highest BCUT2D eigenvalue weighted by Gasteiger charge is 2.04. The molecule has 1 heterocycles. The number of hydrogen-bond donors (Lipinski definition) is 0. The first-order valence-electron chi connectivity index (χ1n) is 5.53. The van der Waals surface area contributed by atoms with E-state index in [2.05, 4.69) is 23.7 Å². The molecule has 2 nitrogen and oxygen atoms in total. The van der Waals surface area contributed by atoms with E-state index in [0.29, 0.717) is 0 Å². The first kappa shape index (κ1) is 12.5. The summed E-state index contributed by atoms with van der Waals surface area (Å²) in [4.78, 5) is 6.47. The molecule has 0 spiro atoms. The Balaban J connectivity index is 0.000000671. The maximum atomic E-state index is 4.16. The van der Waals surface area contributed by atoms with Gasteiger partial charge in [0.1, 0.15) is 0 Å². The largest absolute Gasteiger partial charge is 0.361 e. The van der Waals surface area contributed by atoms with Crippen LogP contribution in [0.1, 0.15) is 40.5 Å². The summed E-state index contributed by atoms with van der Waals surface area (Å²) in [5.41, 5.74) is 0. The summed E-state index contributed by atoms with van der Waals surface area (Å²) in [5.74, 6) is 0.842. The topological polar surface area (TPSA) is 15.6 Å². The summed E-state index contributed by atoms with van der Waals surface area (Å²) in [5, 5.41) is 0. The fourth-order valence-corrected chi connectivity index (χ4v) is 1.29.